The van der Waals surface area contributed by atoms with Crippen molar-refractivity contribution >= 4 is 5.71 Å². The average Bonchev–Trinajstić information content (AvgIpc) is 3.02. The van der Waals surface area contributed by atoms with Crippen molar-refractivity contribution in [3.8, 4) is 22.6 Å². The Morgan fingerprint density at radius 1 is 1.09 bits per heavy atom. The van der Waals surface area contributed by atoms with Gasteiger partial charge in [-0.05, 0) is 35.7 Å². The number of aliphatic hydroxyl groups excluding tert-OH is 1. The third kappa shape index (κ3) is 3.04. The van der Waals surface area contributed by atoms with E-state index in [1.54, 1.807) is 0 Å². The molecule has 0 saturated heterocycles. The molecule has 0 saturated carbocycles. The van der Waals surface area contributed by atoms with Crippen LogP contribution in [0.5, 0.6) is 11.5 Å². The van der Waals surface area contributed by atoms with Crippen molar-refractivity contribution in [2.75, 3.05) is 20.0 Å². The lowest BCUT2D eigenvalue weighted by atomic mass is 10.0. The van der Waals surface area contributed by atoms with Crippen LogP contribution in [0.4, 0.5) is 0 Å². The molecular weight excluding hydrogens is 282 g/mol. The van der Waals surface area contributed by atoms with Gasteiger partial charge in [-0.25, -0.2) is 0 Å². The lowest BCUT2D eigenvalue weighted by Gasteiger charge is -2.06. The average molecular weight is 299 g/mol. The molecule has 0 amide bonds. The first-order chi connectivity index (χ1) is 10.8. The molecule has 3 rings (SSSR count). The fourth-order valence-electron chi connectivity index (χ4n) is 2.22. The van der Waals surface area contributed by atoms with E-state index in [-0.39, 0.29) is 20.0 Å². The zero-order chi connectivity index (χ0) is 15.4. The maximum atomic E-state index is 8.67. The summed E-state index contributed by atoms with van der Waals surface area (Å²) in [5.41, 5.74) is 3.90. The molecular formula is C17H17NO4. The van der Waals surface area contributed by atoms with Crippen LogP contribution in [-0.4, -0.2) is 30.8 Å². The molecule has 5 nitrogen and oxygen atoms in total. The van der Waals surface area contributed by atoms with Gasteiger partial charge in [0.25, 0.3) is 0 Å². The summed E-state index contributed by atoms with van der Waals surface area (Å²) in [5, 5.41) is 12.6. The highest BCUT2D eigenvalue weighted by Gasteiger charge is 2.13. The van der Waals surface area contributed by atoms with E-state index in [4.69, 9.17) is 19.4 Å². The topological polar surface area (TPSA) is 60.3 Å². The standard InChI is InChI=1S/C17H17NO4/c1-12(18-22-9-8-19)13-2-4-14(5-3-13)15-6-7-16-17(10-15)21-11-20-16/h2-7,10,19H,8-9,11H2,1H3/b18-12-. The van der Waals surface area contributed by atoms with Crippen LogP contribution in [0, 0.1) is 0 Å². The molecule has 1 N–H and O–H groups in total. The van der Waals surface area contributed by atoms with Gasteiger partial charge < -0.3 is 19.4 Å². The Morgan fingerprint density at radius 2 is 1.82 bits per heavy atom. The highest BCUT2D eigenvalue weighted by atomic mass is 16.7. The van der Waals surface area contributed by atoms with Crippen LogP contribution in [0.2, 0.25) is 0 Å². The van der Waals surface area contributed by atoms with Crippen LogP contribution in [0.3, 0.4) is 0 Å². The minimum Gasteiger partial charge on any atom is -0.454 e. The number of nitrogens with zero attached hydrogens (tertiary/aromatic N) is 1. The van der Waals surface area contributed by atoms with E-state index in [1.807, 2.05) is 49.4 Å². The zero-order valence-corrected chi connectivity index (χ0v) is 12.3. The molecule has 1 aliphatic rings. The van der Waals surface area contributed by atoms with Crippen molar-refractivity contribution in [1.82, 2.24) is 0 Å². The highest BCUT2D eigenvalue weighted by molar-refractivity contribution is 5.98. The van der Waals surface area contributed by atoms with Gasteiger partial charge in [0.15, 0.2) is 11.5 Å². The first-order valence-corrected chi connectivity index (χ1v) is 7.06. The summed E-state index contributed by atoms with van der Waals surface area (Å²) in [7, 11) is 0. The Hall–Kier alpha value is -2.53. The number of fused-ring (bicyclic) bond motifs is 1. The van der Waals surface area contributed by atoms with Gasteiger partial charge >= 0.3 is 0 Å². The van der Waals surface area contributed by atoms with Gasteiger partial charge in [-0.15, -0.1) is 0 Å². The van der Waals surface area contributed by atoms with Crippen LogP contribution in [0.1, 0.15) is 12.5 Å². The second-order valence-electron chi connectivity index (χ2n) is 4.88. The number of aliphatic hydroxyl groups is 1. The molecule has 114 valence electrons. The van der Waals surface area contributed by atoms with Gasteiger partial charge in [-0.2, -0.15) is 0 Å². The summed E-state index contributed by atoms with van der Waals surface area (Å²) >= 11 is 0. The Labute approximate surface area is 128 Å². The molecule has 5 heteroatoms. The van der Waals surface area contributed by atoms with Crippen LogP contribution in [0.25, 0.3) is 11.1 Å². The van der Waals surface area contributed by atoms with Crippen molar-refractivity contribution in [1.29, 1.82) is 0 Å². The Kier molecular flexibility index (Phi) is 4.25. The van der Waals surface area contributed by atoms with Crippen molar-refractivity contribution in [3.05, 3.63) is 48.0 Å². The van der Waals surface area contributed by atoms with Gasteiger partial charge in [0.05, 0.1) is 12.3 Å². The number of oxime groups is 1. The summed E-state index contributed by atoms with van der Waals surface area (Å²) in [6.07, 6.45) is 0. The van der Waals surface area contributed by atoms with E-state index in [0.29, 0.717) is 0 Å². The van der Waals surface area contributed by atoms with E-state index in [0.717, 1.165) is 33.9 Å². The monoisotopic (exact) mass is 299 g/mol. The van der Waals surface area contributed by atoms with Crippen molar-refractivity contribution in [2.24, 2.45) is 5.16 Å². The number of hydrogen-bond acceptors (Lipinski definition) is 5. The van der Waals surface area contributed by atoms with E-state index in [1.165, 1.54) is 0 Å². The first kappa shape index (κ1) is 14.4. The zero-order valence-electron chi connectivity index (χ0n) is 12.3. The molecule has 2 aromatic rings. The molecule has 0 radical (unpaired) electrons. The highest BCUT2D eigenvalue weighted by Crippen LogP contribution is 2.35. The van der Waals surface area contributed by atoms with Gasteiger partial charge in [-0.3, -0.25) is 0 Å². The minimum absolute atomic E-state index is 0.0418. The number of hydrogen-bond donors (Lipinski definition) is 1. The Morgan fingerprint density at radius 3 is 2.59 bits per heavy atom. The van der Waals surface area contributed by atoms with Gasteiger partial charge in [-0.1, -0.05) is 35.5 Å². The predicted molar refractivity (Wildman–Crippen MR) is 83.2 cm³/mol. The molecule has 1 aliphatic heterocycles. The van der Waals surface area contributed by atoms with Gasteiger partial charge in [0.1, 0.15) is 6.61 Å². The summed E-state index contributed by atoms with van der Waals surface area (Å²) in [6, 6.07) is 13.9. The molecule has 0 fully saturated rings. The molecule has 2 aromatic carbocycles. The molecule has 0 aliphatic carbocycles. The SMILES string of the molecule is C/C(=N/OCCO)c1ccc(-c2ccc3c(c2)OCO3)cc1. The first-order valence-electron chi connectivity index (χ1n) is 7.06. The third-order valence-corrected chi connectivity index (χ3v) is 3.39. The van der Waals surface area contributed by atoms with Crippen LogP contribution < -0.4 is 9.47 Å². The van der Waals surface area contributed by atoms with Crippen molar-refractivity contribution in [2.45, 2.75) is 6.92 Å². The van der Waals surface area contributed by atoms with Crippen LogP contribution in [0.15, 0.2) is 47.6 Å². The van der Waals surface area contributed by atoms with Gasteiger partial charge in [0, 0.05) is 0 Å². The lowest BCUT2D eigenvalue weighted by molar-refractivity contribution is 0.0986. The normalized spacial score (nSPS) is 13.3. The smallest absolute Gasteiger partial charge is 0.231 e. The number of benzene rings is 2. The fourth-order valence-corrected chi connectivity index (χ4v) is 2.22. The summed E-state index contributed by atoms with van der Waals surface area (Å²) in [4.78, 5) is 4.97. The van der Waals surface area contributed by atoms with Gasteiger partial charge in [0.2, 0.25) is 6.79 Å². The summed E-state index contributed by atoms with van der Waals surface area (Å²) in [5.74, 6) is 1.56. The van der Waals surface area contributed by atoms with E-state index >= 15 is 0 Å². The fraction of sp³-hybridized carbons (Fsp3) is 0.235. The van der Waals surface area contributed by atoms with E-state index < -0.39 is 0 Å². The minimum atomic E-state index is -0.0418. The number of ether oxygens (including phenoxy) is 2. The second kappa shape index (κ2) is 6.49. The van der Waals surface area contributed by atoms with E-state index in [9.17, 15) is 0 Å². The van der Waals surface area contributed by atoms with Crippen LogP contribution in [-0.2, 0) is 4.84 Å². The molecule has 0 atom stereocenters. The quantitative estimate of drug-likeness (QED) is 0.524. The number of rotatable bonds is 5. The molecule has 0 spiro atoms. The Balaban J connectivity index is 1.78. The Bertz CT molecular complexity index is 680. The molecule has 22 heavy (non-hydrogen) atoms. The molecule has 0 aromatic heterocycles. The summed E-state index contributed by atoms with van der Waals surface area (Å²) in [6.45, 7) is 2.31. The largest absolute Gasteiger partial charge is 0.454 e. The van der Waals surface area contributed by atoms with Crippen molar-refractivity contribution < 1.29 is 19.4 Å². The molecule has 0 unspecified atom stereocenters. The second-order valence-corrected chi connectivity index (χ2v) is 4.88. The third-order valence-electron chi connectivity index (χ3n) is 3.39. The lowest BCUT2D eigenvalue weighted by Crippen LogP contribution is -1.99. The molecule has 0 bridgehead atoms. The van der Waals surface area contributed by atoms with E-state index in [2.05, 4.69) is 5.16 Å². The summed E-state index contributed by atoms with van der Waals surface area (Å²) < 4.78 is 10.7. The maximum Gasteiger partial charge on any atom is 0.231 e. The maximum absolute atomic E-state index is 8.67. The molecule has 1 heterocycles. The van der Waals surface area contributed by atoms with Crippen molar-refractivity contribution in [3.63, 3.8) is 0 Å². The predicted octanol–water partition coefficient (Wildman–Crippen LogP) is 2.82. The van der Waals surface area contributed by atoms with Crippen LogP contribution >= 0.6 is 0 Å².